The highest BCUT2D eigenvalue weighted by molar-refractivity contribution is 6.06. The average molecular weight is 510 g/mol. The Morgan fingerprint density at radius 2 is 1.92 bits per heavy atom. The summed E-state index contributed by atoms with van der Waals surface area (Å²) in [6.07, 6.45) is 6.28. The van der Waals surface area contributed by atoms with Crippen LogP contribution in [0.1, 0.15) is 71.3 Å². The lowest BCUT2D eigenvalue weighted by atomic mass is 9.67. The number of hydrogen-bond acceptors (Lipinski definition) is 5. The Morgan fingerprint density at radius 3 is 2.62 bits per heavy atom. The molecule has 0 bridgehead atoms. The van der Waals surface area contributed by atoms with Crippen LogP contribution in [0.15, 0.2) is 41.0 Å². The lowest BCUT2D eigenvalue weighted by molar-refractivity contribution is -0.141. The number of unbranched alkanes of at least 4 members (excludes halogenated alkanes) is 2. The van der Waals surface area contributed by atoms with E-state index in [-0.39, 0.29) is 53.8 Å². The van der Waals surface area contributed by atoms with E-state index in [0.717, 1.165) is 18.4 Å². The van der Waals surface area contributed by atoms with E-state index in [1.54, 1.807) is 12.1 Å². The third-order valence-electron chi connectivity index (χ3n) is 8.09. The average Bonchev–Trinajstić information content (AvgIpc) is 3.36. The van der Waals surface area contributed by atoms with Gasteiger partial charge in [-0.25, -0.2) is 0 Å². The van der Waals surface area contributed by atoms with Gasteiger partial charge in [-0.15, -0.1) is 0 Å². The van der Waals surface area contributed by atoms with Crippen molar-refractivity contribution in [2.75, 3.05) is 13.2 Å². The maximum Gasteiger partial charge on any atom is 0.303 e. The molecule has 0 saturated carbocycles. The number of allylic oxidation sites excluding steroid dienone is 2. The van der Waals surface area contributed by atoms with E-state index in [2.05, 4.69) is 26.8 Å². The second-order valence-corrected chi connectivity index (χ2v) is 11.1. The molecule has 2 aliphatic heterocycles. The zero-order valence-electron chi connectivity index (χ0n) is 22.1. The van der Waals surface area contributed by atoms with Crippen molar-refractivity contribution >= 4 is 23.9 Å². The Hall–Kier alpha value is -2.93. The van der Waals surface area contributed by atoms with Crippen molar-refractivity contribution in [1.82, 2.24) is 4.90 Å². The van der Waals surface area contributed by atoms with E-state index in [9.17, 15) is 19.5 Å². The number of hydrogen-bond donors (Lipinski definition) is 2. The summed E-state index contributed by atoms with van der Waals surface area (Å²) >= 11 is 0. The minimum absolute atomic E-state index is 0.0510. The molecule has 1 aliphatic carbocycles. The lowest BCUT2D eigenvalue weighted by Gasteiger charge is -2.33. The Bertz CT molecular complexity index is 1100. The molecule has 7 nitrogen and oxygen atoms in total. The number of phenols is 1. The molecule has 2 N–H and O–H groups in total. The van der Waals surface area contributed by atoms with Crippen molar-refractivity contribution in [3.63, 3.8) is 0 Å². The minimum Gasteiger partial charge on any atom is -0.508 e. The van der Waals surface area contributed by atoms with Gasteiger partial charge in [0.15, 0.2) is 0 Å². The van der Waals surface area contributed by atoms with Gasteiger partial charge < -0.3 is 14.9 Å². The van der Waals surface area contributed by atoms with E-state index >= 15 is 0 Å². The second-order valence-electron chi connectivity index (χ2n) is 11.1. The molecule has 0 spiro atoms. The number of carbonyl (C=O) groups is 3. The van der Waals surface area contributed by atoms with Gasteiger partial charge in [0.05, 0.1) is 24.5 Å². The molecule has 1 aromatic carbocycles. The molecule has 2 heterocycles. The highest BCUT2D eigenvalue weighted by atomic mass is 16.5. The van der Waals surface area contributed by atoms with Gasteiger partial charge in [0.2, 0.25) is 11.8 Å². The first-order valence-corrected chi connectivity index (χ1v) is 13.5. The number of nitrogens with zero attached hydrogens (tertiary/aromatic N) is 1. The Labute approximate surface area is 219 Å². The van der Waals surface area contributed by atoms with Crippen molar-refractivity contribution in [1.29, 1.82) is 0 Å². The first-order chi connectivity index (χ1) is 17.7. The number of fused-ring (bicyclic) bond motifs is 3. The monoisotopic (exact) mass is 509 g/mol. The molecule has 1 aromatic rings. The zero-order valence-corrected chi connectivity index (χ0v) is 22.1. The van der Waals surface area contributed by atoms with Gasteiger partial charge in [0, 0.05) is 18.9 Å². The fraction of sp³-hybridized carbons (Fsp3) is 0.567. The zero-order chi connectivity index (χ0) is 26.7. The number of carboxylic acids is 1. The van der Waals surface area contributed by atoms with Gasteiger partial charge in [-0.05, 0) is 68.2 Å². The summed E-state index contributed by atoms with van der Waals surface area (Å²) in [7, 11) is 0. The molecule has 0 aromatic heterocycles. The van der Waals surface area contributed by atoms with Gasteiger partial charge >= 0.3 is 5.97 Å². The molecule has 200 valence electrons. The van der Waals surface area contributed by atoms with E-state index in [1.165, 1.54) is 21.6 Å². The van der Waals surface area contributed by atoms with Gasteiger partial charge in [0.1, 0.15) is 5.75 Å². The normalized spacial score (nSPS) is 25.7. The summed E-state index contributed by atoms with van der Waals surface area (Å²) in [5.41, 5.74) is 4.67. The quantitative estimate of drug-likeness (QED) is 0.242. The highest BCUT2D eigenvalue weighted by Crippen LogP contribution is 2.51. The number of aliphatic carboxylic acids is 1. The summed E-state index contributed by atoms with van der Waals surface area (Å²) in [5, 5.41) is 18.6. The van der Waals surface area contributed by atoms with Gasteiger partial charge in [-0.3, -0.25) is 19.3 Å². The summed E-state index contributed by atoms with van der Waals surface area (Å²) in [5.74, 6) is -1.16. The van der Waals surface area contributed by atoms with Gasteiger partial charge in [-0.2, -0.15) is 0 Å². The Balaban J connectivity index is 1.45. The van der Waals surface area contributed by atoms with E-state index in [4.69, 9.17) is 9.84 Å². The molecule has 0 unspecified atom stereocenters. The van der Waals surface area contributed by atoms with Crippen LogP contribution in [0.2, 0.25) is 0 Å². The fourth-order valence-electron chi connectivity index (χ4n) is 6.30. The number of rotatable bonds is 11. The van der Waals surface area contributed by atoms with Crippen LogP contribution in [-0.2, 0) is 19.1 Å². The van der Waals surface area contributed by atoms with Crippen molar-refractivity contribution in [2.45, 2.75) is 71.8 Å². The number of imide groups is 1. The number of phenolic OH excluding ortho intramolecular Hbond substituents is 1. The molecular weight excluding hydrogens is 470 g/mol. The molecule has 37 heavy (non-hydrogen) atoms. The predicted octanol–water partition coefficient (Wildman–Crippen LogP) is 5.19. The van der Waals surface area contributed by atoms with Gasteiger partial charge in [-0.1, -0.05) is 49.6 Å². The van der Waals surface area contributed by atoms with Gasteiger partial charge in [0.25, 0.3) is 0 Å². The highest BCUT2D eigenvalue weighted by Gasteiger charge is 2.56. The van der Waals surface area contributed by atoms with Crippen LogP contribution in [0.4, 0.5) is 0 Å². The fourth-order valence-corrected chi connectivity index (χ4v) is 6.30. The SMILES string of the molecule is C/C(=C\c1cccc(O)c1)CC[C@H]1OC[C@H]2C1=C(C(C)C)C[C@H]1C(=O)N(CCCCCC(=O)O)C(=O)[C@H]12. The maximum absolute atomic E-state index is 13.4. The van der Waals surface area contributed by atoms with Crippen LogP contribution in [0.5, 0.6) is 5.75 Å². The lowest BCUT2D eigenvalue weighted by Crippen LogP contribution is -2.35. The molecular formula is C30H39NO6. The third kappa shape index (κ3) is 5.98. The molecule has 2 saturated heterocycles. The molecule has 2 fully saturated rings. The predicted molar refractivity (Wildman–Crippen MR) is 141 cm³/mol. The summed E-state index contributed by atoms with van der Waals surface area (Å²) in [6, 6.07) is 7.20. The molecule has 4 atom stereocenters. The van der Waals surface area contributed by atoms with Crippen LogP contribution in [0.3, 0.4) is 0 Å². The van der Waals surface area contributed by atoms with E-state index < -0.39 is 5.97 Å². The summed E-state index contributed by atoms with van der Waals surface area (Å²) in [6.45, 7) is 7.23. The third-order valence-corrected chi connectivity index (χ3v) is 8.09. The van der Waals surface area contributed by atoms with E-state index in [1.807, 2.05) is 12.1 Å². The standard InChI is InChI=1S/C30H39NO6/c1-18(2)22-16-23-28(30(36)31(29(23)35)13-6-4-5-10-26(33)34)24-17-37-25(27(22)24)12-11-19(3)14-20-8-7-9-21(32)15-20/h7-9,14-15,18,23-25,28,32H,4-6,10-13,16-17H2,1-3H3,(H,33,34)/b19-14+/t23-,24+,25-,28-/m1/s1. The number of carbonyl (C=O) groups excluding carboxylic acids is 2. The second kappa shape index (κ2) is 11.6. The Morgan fingerprint density at radius 1 is 1.14 bits per heavy atom. The molecule has 2 amide bonds. The molecule has 0 radical (unpaired) electrons. The van der Waals surface area contributed by atoms with Crippen LogP contribution in [0, 0.1) is 23.7 Å². The van der Waals surface area contributed by atoms with Crippen LogP contribution < -0.4 is 0 Å². The maximum atomic E-state index is 13.4. The number of carboxylic acid groups (broad SMARTS) is 1. The van der Waals surface area contributed by atoms with Crippen molar-refractivity contribution < 1.29 is 29.3 Å². The first-order valence-electron chi connectivity index (χ1n) is 13.5. The van der Waals surface area contributed by atoms with Crippen molar-refractivity contribution in [3.05, 3.63) is 46.5 Å². The molecule has 4 rings (SSSR count). The number of ether oxygens (including phenoxy) is 1. The largest absolute Gasteiger partial charge is 0.508 e. The Kier molecular flexibility index (Phi) is 8.53. The van der Waals surface area contributed by atoms with Crippen molar-refractivity contribution in [2.24, 2.45) is 23.7 Å². The van der Waals surface area contributed by atoms with Crippen LogP contribution >= 0.6 is 0 Å². The number of amides is 2. The first kappa shape index (κ1) is 27.1. The number of aromatic hydroxyl groups is 1. The minimum atomic E-state index is -0.819. The van der Waals surface area contributed by atoms with Crippen molar-refractivity contribution in [3.8, 4) is 5.75 Å². The number of benzene rings is 1. The van der Waals surface area contributed by atoms with Crippen LogP contribution in [-0.4, -0.2) is 52.2 Å². The summed E-state index contributed by atoms with van der Waals surface area (Å²) < 4.78 is 6.30. The van der Waals surface area contributed by atoms with Crippen LogP contribution in [0.25, 0.3) is 6.08 Å². The molecule has 3 aliphatic rings. The molecule has 7 heteroatoms. The van der Waals surface area contributed by atoms with E-state index in [0.29, 0.717) is 38.8 Å². The topological polar surface area (TPSA) is 104 Å². The smallest absolute Gasteiger partial charge is 0.303 e. The number of likely N-dealkylation sites (tertiary alicyclic amines) is 1. The summed E-state index contributed by atoms with van der Waals surface area (Å²) in [4.78, 5) is 38.9.